The molecule has 1 amide bonds. The van der Waals surface area contributed by atoms with Crippen LogP contribution in [0.25, 0.3) is 0 Å². The van der Waals surface area contributed by atoms with Gasteiger partial charge in [0.2, 0.25) is 0 Å². The van der Waals surface area contributed by atoms with Crippen molar-refractivity contribution >= 4 is 5.91 Å². The third-order valence-corrected chi connectivity index (χ3v) is 6.65. The number of nitrogens with zero attached hydrogens (tertiary/aromatic N) is 4. The summed E-state index contributed by atoms with van der Waals surface area (Å²) in [5.74, 6) is 0.350. The fourth-order valence-corrected chi connectivity index (χ4v) is 4.69. The normalized spacial score (nSPS) is 20.2. The smallest absolute Gasteiger partial charge is 0.257 e. The summed E-state index contributed by atoms with van der Waals surface area (Å²) in [6, 6.07) is 7.23. The monoisotopic (exact) mass is 442 g/mol. The summed E-state index contributed by atoms with van der Waals surface area (Å²) < 4.78 is 21.7. The summed E-state index contributed by atoms with van der Waals surface area (Å²) in [4.78, 5) is 17.6. The average molecular weight is 443 g/mol. The van der Waals surface area contributed by atoms with Crippen molar-refractivity contribution in [3.05, 3.63) is 53.6 Å². The number of amides is 1. The Balaban J connectivity index is 1.36. The molecule has 0 N–H and O–H groups in total. The first-order valence-electron chi connectivity index (χ1n) is 11.9. The Hall–Kier alpha value is -2.25. The third-order valence-electron chi connectivity index (χ3n) is 6.65. The summed E-state index contributed by atoms with van der Waals surface area (Å²) in [6.45, 7) is 8.76. The van der Waals surface area contributed by atoms with Crippen LogP contribution in [-0.4, -0.2) is 64.4 Å². The van der Waals surface area contributed by atoms with Crippen LogP contribution in [0, 0.1) is 11.7 Å². The maximum Gasteiger partial charge on any atom is 0.257 e. The minimum Gasteiger partial charge on any atom is -0.376 e. The number of ether oxygens (including phenoxy) is 1. The molecule has 174 valence electrons. The molecule has 32 heavy (non-hydrogen) atoms. The number of halogens is 1. The second-order valence-corrected chi connectivity index (χ2v) is 9.46. The zero-order valence-corrected chi connectivity index (χ0v) is 19.3. The van der Waals surface area contributed by atoms with Gasteiger partial charge in [0.1, 0.15) is 5.82 Å². The summed E-state index contributed by atoms with van der Waals surface area (Å²) in [7, 11) is 0. The molecule has 1 aromatic heterocycles. The second kappa shape index (κ2) is 10.6. The Morgan fingerprint density at radius 2 is 2.00 bits per heavy atom. The quantitative estimate of drug-likeness (QED) is 0.617. The molecule has 1 aromatic carbocycles. The summed E-state index contributed by atoms with van der Waals surface area (Å²) in [5.41, 5.74) is 1.40. The topological polar surface area (TPSA) is 50.6 Å². The minimum absolute atomic E-state index is 0.0428. The van der Waals surface area contributed by atoms with Gasteiger partial charge in [-0.25, -0.2) is 4.39 Å². The Kier molecular flexibility index (Phi) is 7.58. The third kappa shape index (κ3) is 5.75. The van der Waals surface area contributed by atoms with Crippen molar-refractivity contribution in [2.24, 2.45) is 5.92 Å². The number of carbonyl (C=O) groups excluding carboxylic acids is 1. The van der Waals surface area contributed by atoms with Crippen molar-refractivity contribution in [1.82, 2.24) is 19.6 Å². The van der Waals surface area contributed by atoms with E-state index < -0.39 is 0 Å². The van der Waals surface area contributed by atoms with E-state index in [-0.39, 0.29) is 23.9 Å². The SMILES string of the molecule is CC(C)n1cc(C(=O)N(CC2CCN(Cc3ccccc3F)CC2)C[C@H]2CCCO2)cn1. The van der Waals surface area contributed by atoms with Crippen LogP contribution in [-0.2, 0) is 11.3 Å². The van der Waals surface area contributed by atoms with Crippen molar-refractivity contribution in [3.8, 4) is 0 Å². The molecule has 6 nitrogen and oxygen atoms in total. The number of likely N-dealkylation sites (tertiary alicyclic amines) is 1. The number of benzene rings is 1. The zero-order chi connectivity index (χ0) is 22.5. The van der Waals surface area contributed by atoms with Gasteiger partial charge in [0.25, 0.3) is 5.91 Å². The maximum absolute atomic E-state index is 14.0. The predicted octanol–water partition coefficient (Wildman–Crippen LogP) is 4.14. The number of carbonyl (C=O) groups is 1. The zero-order valence-electron chi connectivity index (χ0n) is 19.3. The Bertz CT molecular complexity index is 886. The van der Waals surface area contributed by atoms with Crippen molar-refractivity contribution in [1.29, 1.82) is 0 Å². The highest BCUT2D eigenvalue weighted by molar-refractivity contribution is 5.93. The lowest BCUT2D eigenvalue weighted by Crippen LogP contribution is -2.43. The van der Waals surface area contributed by atoms with Crippen LogP contribution in [0.15, 0.2) is 36.7 Å². The van der Waals surface area contributed by atoms with Crippen molar-refractivity contribution < 1.29 is 13.9 Å². The lowest BCUT2D eigenvalue weighted by Gasteiger charge is -2.35. The fourth-order valence-electron chi connectivity index (χ4n) is 4.69. The van der Waals surface area contributed by atoms with E-state index >= 15 is 0 Å². The first-order valence-corrected chi connectivity index (χ1v) is 11.9. The molecule has 4 rings (SSSR count). The van der Waals surface area contributed by atoms with Crippen molar-refractivity contribution in [2.45, 2.75) is 58.2 Å². The number of piperidine rings is 1. The van der Waals surface area contributed by atoms with Gasteiger partial charge in [0.05, 0.1) is 17.9 Å². The first-order chi connectivity index (χ1) is 15.5. The van der Waals surface area contributed by atoms with E-state index in [1.54, 1.807) is 12.3 Å². The van der Waals surface area contributed by atoms with Gasteiger partial charge in [-0.2, -0.15) is 5.10 Å². The van der Waals surface area contributed by atoms with E-state index in [9.17, 15) is 9.18 Å². The van der Waals surface area contributed by atoms with Crippen LogP contribution in [0.3, 0.4) is 0 Å². The van der Waals surface area contributed by atoms with Crippen LogP contribution in [0.4, 0.5) is 4.39 Å². The van der Waals surface area contributed by atoms with Crippen molar-refractivity contribution in [2.75, 3.05) is 32.8 Å². The van der Waals surface area contributed by atoms with E-state index in [1.807, 2.05) is 27.9 Å². The Morgan fingerprint density at radius 3 is 2.66 bits per heavy atom. The molecule has 0 radical (unpaired) electrons. The summed E-state index contributed by atoms with van der Waals surface area (Å²) >= 11 is 0. The van der Waals surface area contributed by atoms with E-state index in [0.717, 1.165) is 57.5 Å². The largest absolute Gasteiger partial charge is 0.376 e. The second-order valence-electron chi connectivity index (χ2n) is 9.46. The molecule has 0 bridgehead atoms. The van der Waals surface area contributed by atoms with Crippen LogP contribution < -0.4 is 0 Å². The van der Waals surface area contributed by atoms with Gasteiger partial charge in [-0.3, -0.25) is 14.4 Å². The van der Waals surface area contributed by atoms with Gasteiger partial charge >= 0.3 is 0 Å². The molecule has 2 aliphatic rings. The summed E-state index contributed by atoms with van der Waals surface area (Å²) in [6.07, 6.45) is 7.75. The van der Waals surface area contributed by atoms with Crippen molar-refractivity contribution in [3.63, 3.8) is 0 Å². The molecular weight excluding hydrogens is 407 g/mol. The maximum atomic E-state index is 14.0. The molecule has 0 saturated carbocycles. The van der Waals surface area contributed by atoms with E-state index in [2.05, 4.69) is 23.8 Å². The molecule has 2 fully saturated rings. The number of hydrogen-bond donors (Lipinski definition) is 0. The lowest BCUT2D eigenvalue weighted by atomic mass is 9.95. The van der Waals surface area contributed by atoms with Crippen LogP contribution in [0.2, 0.25) is 0 Å². The average Bonchev–Trinajstić information content (AvgIpc) is 3.48. The lowest BCUT2D eigenvalue weighted by molar-refractivity contribution is 0.0444. The van der Waals surface area contributed by atoms with Gasteiger partial charge < -0.3 is 9.64 Å². The molecule has 1 atom stereocenters. The van der Waals surface area contributed by atoms with Gasteiger partial charge in [-0.15, -0.1) is 0 Å². The Morgan fingerprint density at radius 1 is 1.22 bits per heavy atom. The molecule has 7 heteroatoms. The van der Waals surface area contributed by atoms with Gasteiger partial charge in [0, 0.05) is 44.0 Å². The molecule has 0 aliphatic carbocycles. The number of rotatable bonds is 8. The summed E-state index contributed by atoms with van der Waals surface area (Å²) in [5, 5.41) is 4.36. The van der Waals surface area contributed by atoms with Crippen LogP contribution in [0.5, 0.6) is 0 Å². The standard InChI is InChI=1S/C25H35FN4O2/c1-19(2)30-17-22(14-27-30)25(31)29(18-23-7-5-13-32-23)15-20-9-11-28(12-10-20)16-21-6-3-4-8-24(21)26/h3-4,6,8,14,17,19-20,23H,5,7,9-13,15-16,18H2,1-2H3/t23-/m1/s1. The predicted molar refractivity (Wildman–Crippen MR) is 122 cm³/mol. The molecule has 0 spiro atoms. The van der Waals surface area contributed by atoms with E-state index in [1.165, 1.54) is 6.07 Å². The molecule has 3 heterocycles. The van der Waals surface area contributed by atoms with Gasteiger partial charge in [-0.1, -0.05) is 18.2 Å². The van der Waals surface area contributed by atoms with E-state index in [0.29, 0.717) is 24.6 Å². The molecule has 2 aromatic rings. The van der Waals surface area contributed by atoms with Crippen LogP contribution in [0.1, 0.15) is 61.5 Å². The highest BCUT2D eigenvalue weighted by atomic mass is 19.1. The first kappa shape index (κ1) is 22.9. The highest BCUT2D eigenvalue weighted by Crippen LogP contribution is 2.23. The van der Waals surface area contributed by atoms with E-state index in [4.69, 9.17) is 4.74 Å². The van der Waals surface area contributed by atoms with Gasteiger partial charge in [-0.05, 0) is 64.6 Å². The highest BCUT2D eigenvalue weighted by Gasteiger charge is 2.28. The van der Waals surface area contributed by atoms with Crippen LogP contribution >= 0.6 is 0 Å². The number of hydrogen-bond acceptors (Lipinski definition) is 4. The molecule has 2 saturated heterocycles. The molecule has 0 unspecified atom stereocenters. The Labute approximate surface area is 190 Å². The minimum atomic E-state index is -0.134. The fraction of sp³-hybridized carbons (Fsp3) is 0.600. The molecule has 2 aliphatic heterocycles. The molecular formula is C25H35FN4O2. The number of aromatic nitrogens is 2. The van der Waals surface area contributed by atoms with Gasteiger partial charge in [0.15, 0.2) is 0 Å².